The minimum absolute atomic E-state index is 0.0505. The molecule has 0 N–H and O–H groups in total. The van der Waals surface area contributed by atoms with Gasteiger partial charge in [0.2, 0.25) is 0 Å². The SMILES string of the molecule is COCCOCCCC(=O)O[C@@H]1CCC2(CO2)[C@@H]([C@@]2(C)O[C@@H]2CC=C(C)C)C1OC. The van der Waals surface area contributed by atoms with Crippen LogP contribution >= 0.6 is 0 Å². The van der Waals surface area contributed by atoms with Gasteiger partial charge in [-0.1, -0.05) is 11.6 Å². The van der Waals surface area contributed by atoms with Crippen molar-refractivity contribution < 1.29 is 33.2 Å². The summed E-state index contributed by atoms with van der Waals surface area (Å²) in [7, 11) is 3.33. The molecule has 0 amide bonds. The van der Waals surface area contributed by atoms with E-state index >= 15 is 0 Å². The molecule has 1 spiro atoms. The Morgan fingerprint density at radius 2 is 1.97 bits per heavy atom. The van der Waals surface area contributed by atoms with Crippen molar-refractivity contribution in [1.29, 1.82) is 0 Å². The Balaban J connectivity index is 1.56. The zero-order valence-corrected chi connectivity index (χ0v) is 19.1. The highest BCUT2D eigenvalue weighted by atomic mass is 16.6. The molecule has 0 aromatic rings. The van der Waals surface area contributed by atoms with Crippen molar-refractivity contribution in [1.82, 2.24) is 0 Å². The van der Waals surface area contributed by atoms with Crippen LogP contribution in [0, 0.1) is 5.92 Å². The van der Waals surface area contributed by atoms with E-state index in [1.165, 1.54) is 5.57 Å². The van der Waals surface area contributed by atoms with Crippen LogP contribution in [-0.2, 0) is 33.2 Å². The second kappa shape index (κ2) is 10.1. The van der Waals surface area contributed by atoms with E-state index in [0.717, 1.165) is 25.9 Å². The number of hydrogen-bond acceptors (Lipinski definition) is 7. The number of hydrogen-bond donors (Lipinski definition) is 0. The zero-order chi connectivity index (χ0) is 21.8. The predicted octanol–water partition coefficient (Wildman–Crippen LogP) is 3.05. The molecule has 0 aromatic heterocycles. The Hall–Kier alpha value is -0.990. The van der Waals surface area contributed by atoms with Crippen LogP contribution in [-0.4, -0.2) is 76.1 Å². The fraction of sp³-hybridized carbons (Fsp3) is 0.870. The smallest absolute Gasteiger partial charge is 0.306 e. The standard InChI is InChI=1S/C23H38O7/c1-16(2)8-9-18-22(3,30-18)21-20(26-5)17(10-11-23(21)15-28-23)29-19(24)7-6-12-27-14-13-25-4/h8,17-18,20-21H,6-7,9-15H2,1-5H3/t17-,18-,20?,21-,22+,23?/m1/s1. The predicted molar refractivity (Wildman–Crippen MR) is 111 cm³/mol. The van der Waals surface area contributed by atoms with Crippen LogP contribution < -0.4 is 0 Å². The molecule has 30 heavy (non-hydrogen) atoms. The molecule has 1 aliphatic carbocycles. The summed E-state index contributed by atoms with van der Waals surface area (Å²) in [5, 5.41) is 0. The largest absolute Gasteiger partial charge is 0.460 e. The van der Waals surface area contributed by atoms with Crippen molar-refractivity contribution in [3.63, 3.8) is 0 Å². The molecular formula is C23H38O7. The molecule has 6 atom stereocenters. The normalized spacial score (nSPS) is 37.1. The minimum atomic E-state index is -0.316. The molecule has 0 bridgehead atoms. The second-order valence-electron chi connectivity index (χ2n) is 9.11. The van der Waals surface area contributed by atoms with Gasteiger partial charge in [-0.3, -0.25) is 4.79 Å². The molecule has 172 valence electrons. The summed E-state index contributed by atoms with van der Waals surface area (Å²) in [6.45, 7) is 8.69. The molecule has 3 aliphatic rings. The van der Waals surface area contributed by atoms with Gasteiger partial charge in [0, 0.05) is 27.2 Å². The van der Waals surface area contributed by atoms with E-state index < -0.39 is 0 Å². The third-order valence-electron chi connectivity index (χ3n) is 6.62. The molecule has 2 aliphatic heterocycles. The van der Waals surface area contributed by atoms with E-state index in [2.05, 4.69) is 26.8 Å². The van der Waals surface area contributed by atoms with Gasteiger partial charge in [0.05, 0.1) is 31.8 Å². The monoisotopic (exact) mass is 426 g/mol. The van der Waals surface area contributed by atoms with E-state index in [0.29, 0.717) is 32.7 Å². The van der Waals surface area contributed by atoms with E-state index in [1.54, 1.807) is 14.2 Å². The fourth-order valence-electron chi connectivity index (χ4n) is 4.86. The number of ether oxygens (including phenoxy) is 6. The van der Waals surface area contributed by atoms with E-state index in [9.17, 15) is 4.79 Å². The van der Waals surface area contributed by atoms with Gasteiger partial charge in [-0.25, -0.2) is 0 Å². The van der Waals surface area contributed by atoms with E-state index in [4.69, 9.17) is 28.4 Å². The lowest BCUT2D eigenvalue weighted by Crippen LogP contribution is -2.55. The molecule has 3 rings (SSSR count). The average Bonchev–Trinajstić information content (AvgIpc) is 3.62. The highest BCUT2D eigenvalue weighted by molar-refractivity contribution is 5.69. The maximum absolute atomic E-state index is 12.4. The summed E-state index contributed by atoms with van der Waals surface area (Å²) in [6.07, 6.45) is 5.33. The van der Waals surface area contributed by atoms with Crippen molar-refractivity contribution in [3.8, 4) is 0 Å². The van der Waals surface area contributed by atoms with Gasteiger partial charge in [-0.2, -0.15) is 0 Å². The van der Waals surface area contributed by atoms with Gasteiger partial charge in [0.1, 0.15) is 23.4 Å². The van der Waals surface area contributed by atoms with Gasteiger partial charge >= 0.3 is 5.97 Å². The number of esters is 1. The van der Waals surface area contributed by atoms with Crippen LogP contribution in [0.5, 0.6) is 0 Å². The van der Waals surface area contributed by atoms with Crippen molar-refractivity contribution in [2.45, 2.75) is 82.4 Å². The summed E-state index contributed by atoms with van der Waals surface area (Å²) < 4.78 is 34.3. The third-order valence-corrected chi connectivity index (χ3v) is 6.62. The Morgan fingerprint density at radius 1 is 1.20 bits per heavy atom. The van der Waals surface area contributed by atoms with Crippen molar-refractivity contribution in [3.05, 3.63) is 11.6 Å². The minimum Gasteiger partial charge on any atom is -0.460 e. The highest BCUT2D eigenvalue weighted by Crippen LogP contribution is 2.59. The Morgan fingerprint density at radius 3 is 2.60 bits per heavy atom. The number of carbonyl (C=O) groups is 1. The summed E-state index contributed by atoms with van der Waals surface area (Å²) >= 11 is 0. The van der Waals surface area contributed by atoms with Crippen molar-refractivity contribution in [2.75, 3.05) is 40.6 Å². The molecule has 7 heteroatoms. The first kappa shape index (κ1) is 23.7. The molecule has 2 heterocycles. The summed E-state index contributed by atoms with van der Waals surface area (Å²) in [4.78, 5) is 12.4. The summed E-state index contributed by atoms with van der Waals surface area (Å²) in [5.74, 6) is -0.152. The third kappa shape index (κ3) is 5.43. The van der Waals surface area contributed by atoms with Gasteiger partial charge in [-0.05, 0) is 46.5 Å². The maximum Gasteiger partial charge on any atom is 0.306 e. The van der Waals surface area contributed by atoms with Crippen molar-refractivity contribution in [2.24, 2.45) is 5.92 Å². The molecule has 0 radical (unpaired) electrons. The maximum atomic E-state index is 12.4. The molecular weight excluding hydrogens is 388 g/mol. The topological polar surface area (TPSA) is 79.1 Å². The molecule has 0 aromatic carbocycles. The first-order chi connectivity index (χ1) is 14.4. The highest BCUT2D eigenvalue weighted by Gasteiger charge is 2.72. The lowest BCUT2D eigenvalue weighted by atomic mass is 9.68. The average molecular weight is 427 g/mol. The van der Waals surface area contributed by atoms with Crippen LogP contribution in [0.4, 0.5) is 0 Å². The first-order valence-corrected chi connectivity index (χ1v) is 11.1. The number of epoxide rings is 2. The number of allylic oxidation sites excluding steroid dienone is 1. The van der Waals surface area contributed by atoms with E-state index in [1.807, 2.05) is 0 Å². The van der Waals surface area contributed by atoms with Crippen LogP contribution in [0.1, 0.15) is 52.9 Å². The quantitative estimate of drug-likeness (QED) is 0.205. The van der Waals surface area contributed by atoms with Gasteiger partial charge in [0.25, 0.3) is 0 Å². The lowest BCUT2D eigenvalue weighted by Gasteiger charge is -2.42. The van der Waals surface area contributed by atoms with Crippen LogP contribution in [0.2, 0.25) is 0 Å². The van der Waals surface area contributed by atoms with Crippen LogP contribution in [0.3, 0.4) is 0 Å². The Labute approximate surface area is 180 Å². The Bertz CT molecular complexity index is 611. The van der Waals surface area contributed by atoms with Gasteiger partial charge in [0.15, 0.2) is 0 Å². The van der Waals surface area contributed by atoms with Gasteiger partial charge in [-0.15, -0.1) is 0 Å². The second-order valence-corrected chi connectivity index (χ2v) is 9.11. The molecule has 2 saturated heterocycles. The van der Waals surface area contributed by atoms with Crippen LogP contribution in [0.15, 0.2) is 11.6 Å². The lowest BCUT2D eigenvalue weighted by molar-refractivity contribution is -0.172. The molecule has 7 nitrogen and oxygen atoms in total. The fourth-order valence-corrected chi connectivity index (χ4v) is 4.86. The molecule has 3 fully saturated rings. The zero-order valence-electron chi connectivity index (χ0n) is 19.1. The van der Waals surface area contributed by atoms with Crippen molar-refractivity contribution >= 4 is 5.97 Å². The first-order valence-electron chi connectivity index (χ1n) is 11.1. The van der Waals surface area contributed by atoms with Gasteiger partial charge < -0.3 is 28.4 Å². The summed E-state index contributed by atoms with van der Waals surface area (Å²) in [5.41, 5.74) is 0.770. The Kier molecular flexibility index (Phi) is 7.96. The number of methoxy groups -OCH3 is 2. The van der Waals surface area contributed by atoms with E-state index in [-0.39, 0.29) is 41.4 Å². The number of carbonyl (C=O) groups excluding carboxylic acids is 1. The molecule has 2 unspecified atom stereocenters. The summed E-state index contributed by atoms with van der Waals surface area (Å²) in [6, 6.07) is 0. The number of rotatable bonds is 12. The molecule has 1 saturated carbocycles. The van der Waals surface area contributed by atoms with Crippen LogP contribution in [0.25, 0.3) is 0 Å².